The molecule has 1 N–H and O–H groups in total. The van der Waals surface area contributed by atoms with Crippen LogP contribution in [0.3, 0.4) is 0 Å². The van der Waals surface area contributed by atoms with E-state index < -0.39 is 11.0 Å². The third-order valence-electron chi connectivity index (χ3n) is 3.21. The van der Waals surface area contributed by atoms with Gasteiger partial charge >= 0.3 is 0 Å². The predicted molar refractivity (Wildman–Crippen MR) is 50.5 cm³/mol. The highest BCUT2D eigenvalue weighted by atomic mass is 16.3. The van der Waals surface area contributed by atoms with E-state index in [9.17, 15) is 5.11 Å². The van der Waals surface area contributed by atoms with Gasteiger partial charge in [0, 0.05) is 0 Å². The molecule has 0 amide bonds. The molecule has 70 valence electrons. The van der Waals surface area contributed by atoms with Crippen molar-refractivity contribution in [2.75, 3.05) is 0 Å². The standard InChI is InChI=1S/C11H15NO/c1-4-11(13,9(2)3)10(8-12)6-5-7-10/h1,9,13H,5-7H2,2-3H3. The molecular formula is C11H15NO. The Morgan fingerprint density at radius 1 is 1.54 bits per heavy atom. The van der Waals surface area contributed by atoms with Gasteiger partial charge in [-0.1, -0.05) is 19.8 Å². The zero-order chi connectivity index (χ0) is 10.1. The minimum absolute atomic E-state index is 0.0718. The van der Waals surface area contributed by atoms with E-state index in [2.05, 4.69) is 12.0 Å². The van der Waals surface area contributed by atoms with Crippen molar-refractivity contribution >= 4 is 0 Å². The molecule has 1 saturated carbocycles. The Bertz CT molecular complexity index is 277. The van der Waals surface area contributed by atoms with Gasteiger partial charge in [-0.3, -0.25) is 0 Å². The molecule has 1 unspecified atom stereocenters. The maximum Gasteiger partial charge on any atom is 0.145 e. The molecule has 1 aliphatic rings. The van der Waals surface area contributed by atoms with Crippen LogP contribution < -0.4 is 0 Å². The van der Waals surface area contributed by atoms with Crippen LogP contribution in [0.5, 0.6) is 0 Å². The average molecular weight is 177 g/mol. The number of aliphatic hydroxyl groups is 1. The third kappa shape index (κ3) is 1.14. The summed E-state index contributed by atoms with van der Waals surface area (Å²) in [6, 6.07) is 2.20. The first-order valence-corrected chi connectivity index (χ1v) is 4.64. The predicted octanol–water partition coefficient (Wildman–Crippen LogP) is 1.70. The molecule has 0 saturated heterocycles. The summed E-state index contributed by atoms with van der Waals surface area (Å²) >= 11 is 0. The van der Waals surface area contributed by atoms with Gasteiger partial charge in [0.25, 0.3) is 0 Å². The van der Waals surface area contributed by atoms with Gasteiger partial charge in [0.1, 0.15) is 5.60 Å². The summed E-state index contributed by atoms with van der Waals surface area (Å²) in [5.41, 5.74) is -1.93. The van der Waals surface area contributed by atoms with E-state index in [0.717, 1.165) is 19.3 Å². The second-order valence-corrected chi connectivity index (χ2v) is 4.11. The van der Waals surface area contributed by atoms with Gasteiger partial charge in [-0.25, -0.2) is 0 Å². The molecular weight excluding hydrogens is 162 g/mol. The molecule has 0 aliphatic heterocycles. The van der Waals surface area contributed by atoms with E-state index in [1.165, 1.54) is 0 Å². The van der Waals surface area contributed by atoms with Gasteiger partial charge in [-0.2, -0.15) is 5.26 Å². The number of hydrogen-bond acceptors (Lipinski definition) is 2. The maximum atomic E-state index is 10.2. The molecule has 13 heavy (non-hydrogen) atoms. The van der Waals surface area contributed by atoms with Crippen LogP contribution >= 0.6 is 0 Å². The Kier molecular flexibility index (Phi) is 2.37. The van der Waals surface area contributed by atoms with Crippen molar-refractivity contribution in [2.45, 2.75) is 38.7 Å². The molecule has 0 bridgehead atoms. The highest BCUT2D eigenvalue weighted by molar-refractivity contribution is 5.27. The van der Waals surface area contributed by atoms with Crippen molar-refractivity contribution in [2.24, 2.45) is 11.3 Å². The monoisotopic (exact) mass is 177 g/mol. The Morgan fingerprint density at radius 2 is 2.08 bits per heavy atom. The SMILES string of the molecule is C#CC(O)(C(C)C)C1(C#N)CCC1. The minimum Gasteiger partial charge on any atom is -0.376 e. The number of hydrogen-bond donors (Lipinski definition) is 1. The van der Waals surface area contributed by atoms with Crippen molar-refractivity contribution in [3.05, 3.63) is 0 Å². The van der Waals surface area contributed by atoms with E-state index in [0.29, 0.717) is 0 Å². The highest BCUT2D eigenvalue weighted by Crippen LogP contribution is 2.51. The van der Waals surface area contributed by atoms with E-state index >= 15 is 0 Å². The number of nitrogens with zero attached hydrogens (tertiary/aromatic N) is 1. The summed E-state index contributed by atoms with van der Waals surface area (Å²) in [4.78, 5) is 0. The summed E-state index contributed by atoms with van der Waals surface area (Å²) in [5, 5.41) is 19.3. The van der Waals surface area contributed by atoms with Crippen molar-refractivity contribution < 1.29 is 5.11 Å². The van der Waals surface area contributed by atoms with Crippen LogP contribution in [0.4, 0.5) is 0 Å². The molecule has 0 spiro atoms. The van der Waals surface area contributed by atoms with Crippen molar-refractivity contribution in [3.8, 4) is 18.4 Å². The molecule has 1 atom stereocenters. The van der Waals surface area contributed by atoms with Crippen LogP contribution in [0.15, 0.2) is 0 Å². The van der Waals surface area contributed by atoms with Crippen molar-refractivity contribution in [3.63, 3.8) is 0 Å². The van der Waals surface area contributed by atoms with Crippen LogP contribution in [-0.2, 0) is 0 Å². The molecule has 0 aromatic rings. The van der Waals surface area contributed by atoms with Crippen molar-refractivity contribution in [1.29, 1.82) is 5.26 Å². The number of rotatable bonds is 2. The molecule has 0 radical (unpaired) electrons. The van der Waals surface area contributed by atoms with Gasteiger partial charge in [0.05, 0.1) is 11.5 Å². The first-order chi connectivity index (χ1) is 6.02. The number of nitriles is 1. The average Bonchev–Trinajstić information content (AvgIpc) is 2.02. The Balaban J connectivity index is 3.03. The van der Waals surface area contributed by atoms with Gasteiger partial charge in [0.15, 0.2) is 0 Å². The molecule has 0 heterocycles. The largest absolute Gasteiger partial charge is 0.376 e. The van der Waals surface area contributed by atoms with Crippen LogP contribution in [0.2, 0.25) is 0 Å². The second-order valence-electron chi connectivity index (χ2n) is 4.11. The van der Waals surface area contributed by atoms with Gasteiger partial charge < -0.3 is 5.11 Å². The lowest BCUT2D eigenvalue weighted by atomic mass is 9.56. The Morgan fingerprint density at radius 3 is 2.15 bits per heavy atom. The third-order valence-corrected chi connectivity index (χ3v) is 3.21. The van der Waals surface area contributed by atoms with Crippen molar-refractivity contribution in [1.82, 2.24) is 0 Å². The zero-order valence-corrected chi connectivity index (χ0v) is 8.17. The van der Waals surface area contributed by atoms with Crippen LogP contribution in [-0.4, -0.2) is 10.7 Å². The topological polar surface area (TPSA) is 44.0 Å². The van der Waals surface area contributed by atoms with E-state index in [1.807, 2.05) is 13.8 Å². The second kappa shape index (κ2) is 3.05. The van der Waals surface area contributed by atoms with Gasteiger partial charge in [-0.15, -0.1) is 6.42 Å². The fourth-order valence-corrected chi connectivity index (χ4v) is 1.97. The molecule has 1 aliphatic carbocycles. The first kappa shape index (κ1) is 10.1. The smallest absolute Gasteiger partial charge is 0.145 e. The molecule has 0 aromatic carbocycles. The normalized spacial score (nSPS) is 23.8. The number of terminal acetylenes is 1. The van der Waals surface area contributed by atoms with E-state index in [4.69, 9.17) is 11.7 Å². The molecule has 1 fully saturated rings. The highest BCUT2D eigenvalue weighted by Gasteiger charge is 2.55. The lowest BCUT2D eigenvalue weighted by Crippen LogP contribution is -2.54. The summed E-state index contributed by atoms with van der Waals surface area (Å²) in [6.07, 6.45) is 7.77. The summed E-state index contributed by atoms with van der Waals surface area (Å²) in [7, 11) is 0. The molecule has 2 heteroatoms. The Hall–Kier alpha value is -0.990. The van der Waals surface area contributed by atoms with E-state index in [1.54, 1.807) is 0 Å². The van der Waals surface area contributed by atoms with E-state index in [-0.39, 0.29) is 5.92 Å². The van der Waals surface area contributed by atoms with Gasteiger partial charge in [0.2, 0.25) is 0 Å². The zero-order valence-electron chi connectivity index (χ0n) is 8.17. The fraction of sp³-hybridized carbons (Fsp3) is 0.727. The quantitative estimate of drug-likeness (QED) is 0.652. The van der Waals surface area contributed by atoms with Crippen LogP contribution in [0, 0.1) is 35.0 Å². The molecule has 2 nitrogen and oxygen atoms in total. The summed E-state index contributed by atoms with van der Waals surface area (Å²) in [5.74, 6) is 2.33. The molecule has 0 aromatic heterocycles. The van der Waals surface area contributed by atoms with Crippen LogP contribution in [0.1, 0.15) is 33.1 Å². The lowest BCUT2D eigenvalue weighted by molar-refractivity contribution is -0.0795. The summed E-state index contributed by atoms with van der Waals surface area (Å²) in [6.45, 7) is 3.72. The lowest BCUT2D eigenvalue weighted by Gasteiger charge is -2.47. The first-order valence-electron chi connectivity index (χ1n) is 4.64. The molecule has 1 rings (SSSR count). The van der Waals surface area contributed by atoms with Crippen LogP contribution in [0.25, 0.3) is 0 Å². The Labute approximate surface area is 79.6 Å². The maximum absolute atomic E-state index is 10.2. The fourth-order valence-electron chi connectivity index (χ4n) is 1.97. The summed E-state index contributed by atoms with van der Waals surface area (Å²) < 4.78 is 0. The minimum atomic E-state index is -1.25. The van der Waals surface area contributed by atoms with Gasteiger partial charge in [-0.05, 0) is 25.2 Å².